The average molecular weight is 356 g/mol. The molecule has 0 amide bonds. The van der Waals surface area contributed by atoms with Gasteiger partial charge in [0, 0.05) is 21.8 Å². The molecule has 1 aliphatic rings. The van der Waals surface area contributed by atoms with E-state index in [9.17, 15) is 4.79 Å². The Morgan fingerprint density at radius 2 is 1.35 bits per heavy atom. The number of rotatable bonds is 2. The van der Waals surface area contributed by atoms with E-state index < -0.39 is 0 Å². The fraction of sp³-hybridized carbons (Fsp3) is 0. The number of aromatic nitrogens is 1. The summed E-state index contributed by atoms with van der Waals surface area (Å²) in [6, 6.07) is 27.6. The van der Waals surface area contributed by atoms with Gasteiger partial charge in [-0.05, 0) is 41.5 Å². The van der Waals surface area contributed by atoms with E-state index in [1.807, 2.05) is 71.3 Å². The third-order valence-corrected chi connectivity index (χ3v) is 5.08. The van der Waals surface area contributed by atoms with Gasteiger partial charge in [0.2, 0.25) is 5.78 Å². The lowest BCUT2D eigenvalue weighted by Gasteiger charge is -2.13. The van der Waals surface area contributed by atoms with E-state index >= 15 is 0 Å². The molecule has 0 atom stereocenters. The highest BCUT2D eigenvalue weighted by Gasteiger charge is 2.32. The molecule has 0 fully saturated rings. The van der Waals surface area contributed by atoms with Gasteiger partial charge in [0.1, 0.15) is 5.69 Å². The minimum Gasteiger partial charge on any atom is -0.306 e. The maximum absolute atomic E-state index is 13.1. The van der Waals surface area contributed by atoms with Crippen molar-refractivity contribution >= 4 is 17.4 Å². The molecule has 0 unspecified atom stereocenters. The molecular weight excluding hydrogens is 342 g/mol. The SMILES string of the molecule is O=C1c2ccccc2-c2cc(-c3ccccc3)n(-c3ccc(Cl)cc3)c21. The van der Waals surface area contributed by atoms with Crippen molar-refractivity contribution in [3.63, 3.8) is 0 Å². The highest BCUT2D eigenvalue weighted by Crippen LogP contribution is 2.42. The predicted octanol–water partition coefficient (Wildman–Crippen LogP) is 6.01. The summed E-state index contributed by atoms with van der Waals surface area (Å²) in [6.07, 6.45) is 0. The number of nitrogens with zero attached hydrogens (tertiary/aromatic N) is 1. The van der Waals surface area contributed by atoms with Crippen LogP contribution in [-0.2, 0) is 0 Å². The van der Waals surface area contributed by atoms with Crippen LogP contribution in [0.1, 0.15) is 16.1 Å². The molecule has 0 saturated carbocycles. The van der Waals surface area contributed by atoms with Crippen molar-refractivity contribution in [2.24, 2.45) is 0 Å². The molecule has 0 saturated heterocycles. The largest absolute Gasteiger partial charge is 0.306 e. The first-order valence-corrected chi connectivity index (χ1v) is 8.83. The van der Waals surface area contributed by atoms with Gasteiger partial charge in [-0.2, -0.15) is 0 Å². The summed E-state index contributed by atoms with van der Waals surface area (Å²) in [7, 11) is 0. The van der Waals surface area contributed by atoms with E-state index in [0.29, 0.717) is 10.7 Å². The van der Waals surface area contributed by atoms with Gasteiger partial charge >= 0.3 is 0 Å². The van der Waals surface area contributed by atoms with Crippen molar-refractivity contribution in [2.75, 3.05) is 0 Å². The zero-order valence-corrected chi connectivity index (χ0v) is 14.6. The normalized spacial score (nSPS) is 12.1. The van der Waals surface area contributed by atoms with E-state index in [4.69, 9.17) is 11.6 Å². The topological polar surface area (TPSA) is 22.0 Å². The molecule has 124 valence electrons. The third-order valence-electron chi connectivity index (χ3n) is 4.83. The van der Waals surface area contributed by atoms with E-state index in [-0.39, 0.29) is 5.78 Å². The van der Waals surface area contributed by atoms with E-state index in [1.54, 1.807) is 0 Å². The Kier molecular flexibility index (Phi) is 3.34. The number of ketones is 1. The predicted molar refractivity (Wildman–Crippen MR) is 105 cm³/mol. The molecule has 0 spiro atoms. The summed E-state index contributed by atoms with van der Waals surface area (Å²) in [4.78, 5) is 13.1. The van der Waals surface area contributed by atoms with Crippen LogP contribution in [0.4, 0.5) is 0 Å². The molecule has 0 aliphatic heterocycles. The van der Waals surface area contributed by atoms with Crippen LogP contribution in [0.5, 0.6) is 0 Å². The minimum absolute atomic E-state index is 0.0627. The first-order valence-electron chi connectivity index (χ1n) is 8.45. The van der Waals surface area contributed by atoms with Crippen molar-refractivity contribution in [3.05, 3.63) is 101 Å². The molecule has 0 bridgehead atoms. The maximum atomic E-state index is 13.1. The fourth-order valence-electron chi connectivity index (χ4n) is 3.66. The monoisotopic (exact) mass is 355 g/mol. The molecule has 2 nitrogen and oxygen atoms in total. The molecular formula is C23H14ClNO. The molecule has 0 N–H and O–H groups in total. The average Bonchev–Trinajstić information content (AvgIpc) is 3.20. The van der Waals surface area contributed by atoms with E-state index in [2.05, 4.69) is 18.2 Å². The maximum Gasteiger partial charge on any atom is 0.211 e. The van der Waals surface area contributed by atoms with Gasteiger partial charge < -0.3 is 4.57 Å². The fourth-order valence-corrected chi connectivity index (χ4v) is 3.79. The Morgan fingerprint density at radius 1 is 0.692 bits per heavy atom. The third kappa shape index (κ3) is 2.16. The van der Waals surface area contributed by atoms with Crippen molar-refractivity contribution < 1.29 is 4.79 Å². The van der Waals surface area contributed by atoms with Gasteiger partial charge in [-0.25, -0.2) is 0 Å². The second kappa shape index (κ2) is 5.72. The molecule has 0 radical (unpaired) electrons. The Balaban J connectivity index is 1.84. The lowest BCUT2D eigenvalue weighted by molar-refractivity contribution is 0.103. The number of carbonyl (C=O) groups excluding carboxylic acids is 1. The molecule has 5 rings (SSSR count). The first-order chi connectivity index (χ1) is 12.7. The van der Waals surface area contributed by atoms with Gasteiger partial charge in [0.05, 0.1) is 5.69 Å². The summed E-state index contributed by atoms with van der Waals surface area (Å²) in [6.45, 7) is 0. The molecule has 1 aliphatic carbocycles. The number of hydrogen-bond donors (Lipinski definition) is 0. The number of halogens is 1. The Morgan fingerprint density at radius 3 is 2.08 bits per heavy atom. The highest BCUT2D eigenvalue weighted by atomic mass is 35.5. The first kappa shape index (κ1) is 15.2. The molecule has 1 aromatic heterocycles. The van der Waals surface area contributed by atoms with Crippen molar-refractivity contribution in [1.29, 1.82) is 0 Å². The van der Waals surface area contributed by atoms with Crippen LogP contribution in [0.15, 0.2) is 84.9 Å². The van der Waals surface area contributed by atoms with Crippen LogP contribution in [0.2, 0.25) is 5.02 Å². The van der Waals surface area contributed by atoms with Gasteiger partial charge in [0.15, 0.2) is 0 Å². The smallest absolute Gasteiger partial charge is 0.211 e. The van der Waals surface area contributed by atoms with Crippen LogP contribution >= 0.6 is 11.6 Å². The number of carbonyl (C=O) groups is 1. The molecule has 1 heterocycles. The standard InChI is InChI=1S/C23H14ClNO/c24-16-10-12-17(13-11-16)25-21(15-6-2-1-3-7-15)14-20-18-8-4-5-9-19(18)23(26)22(20)25/h1-14H. The number of fused-ring (bicyclic) bond motifs is 3. The number of hydrogen-bond acceptors (Lipinski definition) is 1. The van der Waals surface area contributed by atoms with Crippen molar-refractivity contribution in [2.45, 2.75) is 0 Å². The lowest BCUT2D eigenvalue weighted by atomic mass is 10.1. The van der Waals surface area contributed by atoms with Gasteiger partial charge in [-0.3, -0.25) is 4.79 Å². The summed E-state index contributed by atoms with van der Waals surface area (Å²) < 4.78 is 2.04. The summed E-state index contributed by atoms with van der Waals surface area (Å²) in [5.74, 6) is 0.0627. The quantitative estimate of drug-likeness (QED) is 0.380. The summed E-state index contributed by atoms with van der Waals surface area (Å²) in [5, 5.41) is 0.674. The van der Waals surface area contributed by atoms with Crippen LogP contribution in [0.3, 0.4) is 0 Å². The van der Waals surface area contributed by atoms with Crippen LogP contribution < -0.4 is 0 Å². The Bertz CT molecular complexity index is 1140. The van der Waals surface area contributed by atoms with Crippen LogP contribution in [0, 0.1) is 0 Å². The zero-order valence-electron chi connectivity index (χ0n) is 13.8. The molecule has 3 heteroatoms. The Labute approximate surface area is 156 Å². The van der Waals surface area contributed by atoms with Gasteiger partial charge in [-0.1, -0.05) is 66.2 Å². The van der Waals surface area contributed by atoms with Gasteiger partial charge in [0.25, 0.3) is 0 Å². The van der Waals surface area contributed by atoms with Crippen molar-refractivity contribution in [3.8, 4) is 28.1 Å². The summed E-state index contributed by atoms with van der Waals surface area (Å²) in [5.41, 5.74) is 6.46. The van der Waals surface area contributed by atoms with Crippen LogP contribution in [-0.4, -0.2) is 10.4 Å². The molecule has 26 heavy (non-hydrogen) atoms. The summed E-state index contributed by atoms with van der Waals surface area (Å²) >= 11 is 6.07. The van der Waals surface area contributed by atoms with Crippen molar-refractivity contribution in [1.82, 2.24) is 4.57 Å². The van der Waals surface area contributed by atoms with E-state index in [1.165, 1.54) is 0 Å². The zero-order chi connectivity index (χ0) is 17.7. The minimum atomic E-state index is 0.0627. The molecule has 3 aromatic carbocycles. The lowest BCUT2D eigenvalue weighted by Crippen LogP contribution is -2.07. The van der Waals surface area contributed by atoms with Crippen LogP contribution in [0.25, 0.3) is 28.1 Å². The second-order valence-electron chi connectivity index (χ2n) is 6.34. The van der Waals surface area contributed by atoms with E-state index in [0.717, 1.165) is 33.6 Å². The number of benzene rings is 3. The Hall–Kier alpha value is -3.10. The second-order valence-corrected chi connectivity index (χ2v) is 6.78. The van der Waals surface area contributed by atoms with Gasteiger partial charge in [-0.15, -0.1) is 0 Å². The highest BCUT2D eigenvalue weighted by molar-refractivity contribution is 6.30. The molecule has 4 aromatic rings.